The zero-order chi connectivity index (χ0) is 14.8. The van der Waals surface area contributed by atoms with Gasteiger partial charge in [0.25, 0.3) is 5.69 Å². The van der Waals surface area contributed by atoms with Gasteiger partial charge in [0.1, 0.15) is 5.15 Å². The lowest BCUT2D eigenvalue weighted by Gasteiger charge is -2.10. The highest BCUT2D eigenvalue weighted by Crippen LogP contribution is 2.28. The van der Waals surface area contributed by atoms with Crippen LogP contribution in [0.3, 0.4) is 0 Å². The van der Waals surface area contributed by atoms with Gasteiger partial charge < -0.3 is 5.32 Å². The molecule has 0 atom stereocenters. The first-order chi connectivity index (χ1) is 10.1. The fraction of sp³-hybridized carbons (Fsp3) is 0. The van der Waals surface area contributed by atoms with Gasteiger partial charge in [0.05, 0.1) is 16.1 Å². The quantitative estimate of drug-likeness (QED) is 0.438. The Kier molecular flexibility index (Phi) is 3.41. The van der Waals surface area contributed by atoms with Crippen LogP contribution >= 0.6 is 11.6 Å². The molecule has 21 heavy (non-hydrogen) atoms. The van der Waals surface area contributed by atoms with Crippen LogP contribution in [0.25, 0.3) is 10.9 Å². The number of nitrogens with one attached hydrogen (secondary N) is 1. The third-order valence-corrected chi connectivity index (χ3v) is 3.24. The van der Waals surface area contributed by atoms with Crippen LogP contribution in [-0.2, 0) is 0 Å². The summed E-state index contributed by atoms with van der Waals surface area (Å²) in [5.41, 5.74) is 2.39. The molecule has 1 aromatic heterocycles. The Morgan fingerprint density at radius 2 is 1.81 bits per heavy atom. The Morgan fingerprint density at radius 3 is 2.52 bits per heavy atom. The SMILES string of the molecule is O=[N+]([O-])c1ccc(Nc2cc(Cl)nc3ccccc23)cc1. The molecule has 0 fully saturated rings. The van der Waals surface area contributed by atoms with E-state index >= 15 is 0 Å². The number of hydrogen-bond donors (Lipinski definition) is 1. The second-order valence-corrected chi connectivity index (χ2v) is 4.83. The molecule has 0 spiro atoms. The Balaban J connectivity index is 1.99. The normalized spacial score (nSPS) is 10.5. The topological polar surface area (TPSA) is 68.1 Å². The molecule has 0 aliphatic rings. The number of rotatable bonds is 3. The van der Waals surface area contributed by atoms with Crippen molar-refractivity contribution >= 4 is 39.6 Å². The maximum absolute atomic E-state index is 10.6. The molecule has 0 aliphatic carbocycles. The van der Waals surface area contributed by atoms with Crippen molar-refractivity contribution in [3.63, 3.8) is 0 Å². The monoisotopic (exact) mass is 299 g/mol. The number of hydrogen-bond acceptors (Lipinski definition) is 4. The molecule has 0 aliphatic heterocycles. The summed E-state index contributed by atoms with van der Waals surface area (Å²) in [7, 11) is 0. The average Bonchev–Trinajstić information content (AvgIpc) is 2.47. The Labute approximate surface area is 125 Å². The van der Waals surface area contributed by atoms with Gasteiger partial charge >= 0.3 is 0 Å². The number of para-hydroxylation sites is 1. The van der Waals surface area contributed by atoms with E-state index in [1.54, 1.807) is 18.2 Å². The van der Waals surface area contributed by atoms with E-state index < -0.39 is 4.92 Å². The van der Waals surface area contributed by atoms with E-state index in [0.29, 0.717) is 5.15 Å². The van der Waals surface area contributed by atoms with Crippen LogP contribution < -0.4 is 5.32 Å². The van der Waals surface area contributed by atoms with Gasteiger partial charge in [-0.2, -0.15) is 0 Å². The van der Waals surface area contributed by atoms with Crippen LogP contribution in [0.5, 0.6) is 0 Å². The first-order valence-electron chi connectivity index (χ1n) is 6.20. The third kappa shape index (κ3) is 2.78. The van der Waals surface area contributed by atoms with E-state index in [0.717, 1.165) is 22.3 Å². The van der Waals surface area contributed by atoms with Gasteiger partial charge in [-0.3, -0.25) is 10.1 Å². The van der Waals surface area contributed by atoms with E-state index in [4.69, 9.17) is 11.6 Å². The van der Waals surface area contributed by atoms with Gasteiger partial charge in [0, 0.05) is 23.2 Å². The molecule has 3 aromatic rings. The van der Waals surface area contributed by atoms with E-state index in [-0.39, 0.29) is 5.69 Å². The van der Waals surface area contributed by atoms with Crippen LogP contribution in [0.2, 0.25) is 5.15 Å². The standard InChI is InChI=1S/C15H10ClN3O2/c16-15-9-14(12-3-1-2-4-13(12)18-15)17-10-5-7-11(8-6-10)19(20)21/h1-9H,(H,17,18). The lowest BCUT2D eigenvalue weighted by atomic mass is 10.2. The molecule has 1 N–H and O–H groups in total. The first kappa shape index (κ1) is 13.3. The van der Waals surface area contributed by atoms with Gasteiger partial charge in [0.2, 0.25) is 0 Å². The molecule has 0 amide bonds. The second kappa shape index (κ2) is 5.38. The summed E-state index contributed by atoms with van der Waals surface area (Å²) in [6.45, 7) is 0. The van der Waals surface area contributed by atoms with Crippen molar-refractivity contribution in [1.82, 2.24) is 4.98 Å². The van der Waals surface area contributed by atoms with E-state index in [2.05, 4.69) is 10.3 Å². The predicted octanol–water partition coefficient (Wildman–Crippen LogP) is 4.54. The van der Waals surface area contributed by atoms with Crippen LogP contribution in [0, 0.1) is 10.1 Å². The van der Waals surface area contributed by atoms with Gasteiger partial charge in [-0.15, -0.1) is 0 Å². The molecule has 6 heteroatoms. The maximum Gasteiger partial charge on any atom is 0.269 e. The summed E-state index contributed by atoms with van der Waals surface area (Å²) in [5, 5.41) is 15.2. The fourth-order valence-electron chi connectivity index (χ4n) is 2.07. The van der Waals surface area contributed by atoms with Crippen molar-refractivity contribution in [2.24, 2.45) is 0 Å². The second-order valence-electron chi connectivity index (χ2n) is 4.44. The lowest BCUT2D eigenvalue weighted by Crippen LogP contribution is -1.94. The molecular weight excluding hydrogens is 290 g/mol. The van der Waals surface area contributed by atoms with E-state index in [9.17, 15) is 10.1 Å². The maximum atomic E-state index is 10.6. The van der Waals surface area contributed by atoms with Crippen LogP contribution in [0.1, 0.15) is 0 Å². The summed E-state index contributed by atoms with van der Waals surface area (Å²) in [4.78, 5) is 14.5. The summed E-state index contributed by atoms with van der Waals surface area (Å²) in [6.07, 6.45) is 0. The highest BCUT2D eigenvalue weighted by atomic mass is 35.5. The number of non-ortho nitro benzene ring substituents is 1. The molecule has 2 aromatic carbocycles. The molecule has 0 radical (unpaired) electrons. The van der Waals surface area contributed by atoms with Crippen LogP contribution in [0.15, 0.2) is 54.6 Å². The van der Waals surface area contributed by atoms with E-state index in [1.165, 1.54) is 12.1 Å². The number of nitro groups is 1. The van der Waals surface area contributed by atoms with Crippen molar-refractivity contribution in [2.45, 2.75) is 0 Å². The molecule has 5 nitrogen and oxygen atoms in total. The molecule has 0 saturated heterocycles. The van der Waals surface area contributed by atoms with Gasteiger partial charge in [-0.05, 0) is 24.3 Å². The fourth-order valence-corrected chi connectivity index (χ4v) is 2.27. The Morgan fingerprint density at radius 1 is 1.10 bits per heavy atom. The number of aromatic nitrogens is 1. The average molecular weight is 300 g/mol. The molecule has 1 heterocycles. The first-order valence-corrected chi connectivity index (χ1v) is 6.58. The minimum absolute atomic E-state index is 0.0539. The molecular formula is C15H10ClN3O2. The summed E-state index contributed by atoms with van der Waals surface area (Å²) in [5.74, 6) is 0. The highest BCUT2D eigenvalue weighted by Gasteiger charge is 2.07. The van der Waals surface area contributed by atoms with Gasteiger partial charge in [0.15, 0.2) is 0 Å². The summed E-state index contributed by atoms with van der Waals surface area (Å²) >= 11 is 6.02. The van der Waals surface area contributed by atoms with Crippen molar-refractivity contribution in [1.29, 1.82) is 0 Å². The number of pyridine rings is 1. The molecule has 3 rings (SSSR count). The molecule has 0 bridgehead atoms. The number of fused-ring (bicyclic) bond motifs is 1. The number of nitrogens with zero attached hydrogens (tertiary/aromatic N) is 2. The van der Waals surface area contributed by atoms with E-state index in [1.807, 2.05) is 24.3 Å². The minimum atomic E-state index is -0.428. The predicted molar refractivity (Wildman–Crippen MR) is 83.1 cm³/mol. The van der Waals surface area contributed by atoms with Crippen LogP contribution in [0.4, 0.5) is 17.1 Å². The smallest absolute Gasteiger partial charge is 0.269 e. The number of halogens is 1. The van der Waals surface area contributed by atoms with Gasteiger partial charge in [-0.25, -0.2) is 4.98 Å². The van der Waals surface area contributed by atoms with Crippen molar-refractivity contribution in [2.75, 3.05) is 5.32 Å². The summed E-state index contributed by atoms with van der Waals surface area (Å²) < 4.78 is 0. The number of nitro benzene ring substituents is 1. The molecule has 0 unspecified atom stereocenters. The van der Waals surface area contributed by atoms with Crippen molar-refractivity contribution in [3.05, 3.63) is 69.9 Å². The van der Waals surface area contributed by atoms with Crippen LogP contribution in [-0.4, -0.2) is 9.91 Å². The largest absolute Gasteiger partial charge is 0.355 e. The molecule has 104 valence electrons. The minimum Gasteiger partial charge on any atom is -0.355 e. The number of anilines is 2. The van der Waals surface area contributed by atoms with Gasteiger partial charge in [-0.1, -0.05) is 29.8 Å². The Hall–Kier alpha value is -2.66. The number of benzene rings is 2. The Bertz CT molecular complexity index is 819. The lowest BCUT2D eigenvalue weighted by molar-refractivity contribution is -0.384. The third-order valence-electron chi connectivity index (χ3n) is 3.04. The zero-order valence-electron chi connectivity index (χ0n) is 10.8. The highest BCUT2D eigenvalue weighted by molar-refractivity contribution is 6.30. The van der Waals surface area contributed by atoms with Crippen molar-refractivity contribution < 1.29 is 4.92 Å². The zero-order valence-corrected chi connectivity index (χ0v) is 11.5. The summed E-state index contributed by atoms with van der Waals surface area (Å²) in [6, 6.07) is 15.6. The van der Waals surface area contributed by atoms with Crippen molar-refractivity contribution in [3.8, 4) is 0 Å². The molecule has 0 saturated carbocycles.